The van der Waals surface area contributed by atoms with Crippen LogP contribution < -0.4 is 9.80 Å². The van der Waals surface area contributed by atoms with Crippen molar-refractivity contribution in [1.29, 1.82) is 5.26 Å². The molecule has 1 unspecified atom stereocenters. The molecule has 0 saturated heterocycles. The Morgan fingerprint density at radius 3 is 1.83 bits per heavy atom. The van der Waals surface area contributed by atoms with Gasteiger partial charge in [0.05, 0.1) is 6.07 Å². The number of para-hydroxylation sites is 1. The topological polar surface area (TPSA) is 67.6 Å². The van der Waals surface area contributed by atoms with E-state index >= 15 is 0 Å². The van der Waals surface area contributed by atoms with Gasteiger partial charge in [0.25, 0.3) is 0 Å². The van der Waals surface area contributed by atoms with Gasteiger partial charge < -0.3 is 14.9 Å². The van der Waals surface area contributed by atoms with Crippen LogP contribution in [0.2, 0.25) is 0 Å². The molecule has 0 aromatic heterocycles. The van der Waals surface area contributed by atoms with Crippen LogP contribution in [0.5, 0.6) is 0 Å². The van der Waals surface area contributed by atoms with E-state index < -0.39 is 11.4 Å². The number of allylic oxidation sites excluding steroid dienone is 1. The quantitative estimate of drug-likeness (QED) is 0.374. The van der Waals surface area contributed by atoms with Crippen molar-refractivity contribution >= 4 is 34.8 Å². The van der Waals surface area contributed by atoms with Crippen LogP contribution in [0.3, 0.4) is 0 Å². The highest BCUT2D eigenvalue weighted by molar-refractivity contribution is 5.79. The number of rotatable bonds is 8. The normalized spacial score (nSPS) is 13.1. The van der Waals surface area contributed by atoms with Crippen LogP contribution in [0, 0.1) is 16.7 Å². The summed E-state index contributed by atoms with van der Waals surface area (Å²) >= 11 is 0. The third kappa shape index (κ3) is 6.10. The summed E-state index contributed by atoms with van der Waals surface area (Å²) in [4.78, 5) is 15.8. The van der Waals surface area contributed by atoms with Gasteiger partial charge in [-0.3, -0.25) is 4.79 Å². The van der Waals surface area contributed by atoms with Gasteiger partial charge in [0.15, 0.2) is 5.41 Å². The molecule has 0 radical (unpaired) electrons. The fourth-order valence-corrected chi connectivity index (χ4v) is 3.58. The van der Waals surface area contributed by atoms with E-state index in [9.17, 15) is 15.2 Å². The molecule has 0 aliphatic heterocycles. The number of nitrogens with zero attached hydrogens (tertiary/aromatic N) is 3. The number of hydrogen-bond acceptors (Lipinski definition) is 4. The molecule has 5 nitrogen and oxygen atoms in total. The molecular formula is C30H33N3O2. The van der Waals surface area contributed by atoms with Gasteiger partial charge in [-0.2, -0.15) is 5.26 Å². The van der Waals surface area contributed by atoms with E-state index in [1.807, 2.05) is 54.6 Å². The number of hydrogen-bond donors (Lipinski definition) is 1. The maximum atomic E-state index is 11.3. The Kier molecular flexibility index (Phi) is 7.66. The van der Waals surface area contributed by atoms with E-state index in [2.05, 4.69) is 74.0 Å². The fourth-order valence-electron chi connectivity index (χ4n) is 3.58. The first-order valence-electron chi connectivity index (χ1n) is 11.7. The van der Waals surface area contributed by atoms with Crippen LogP contribution in [-0.2, 0) is 4.79 Å². The van der Waals surface area contributed by atoms with Gasteiger partial charge in [-0.05, 0) is 88.2 Å². The minimum Gasteiger partial charge on any atom is -0.480 e. The number of benzene rings is 3. The maximum Gasteiger partial charge on any atom is 0.324 e. The summed E-state index contributed by atoms with van der Waals surface area (Å²) in [6.07, 6.45) is 3.74. The Bertz CT molecular complexity index is 1200. The summed E-state index contributed by atoms with van der Waals surface area (Å²) in [6.45, 7) is 8.01. The van der Waals surface area contributed by atoms with E-state index in [-0.39, 0.29) is 12.0 Å². The zero-order valence-corrected chi connectivity index (χ0v) is 21.1. The first-order chi connectivity index (χ1) is 16.5. The smallest absolute Gasteiger partial charge is 0.324 e. The van der Waals surface area contributed by atoms with Gasteiger partial charge in [0, 0.05) is 35.3 Å². The van der Waals surface area contributed by atoms with Crippen molar-refractivity contribution in [2.45, 2.75) is 39.7 Å². The number of carbonyl (C=O) groups is 1. The number of aliphatic carboxylic acids is 1. The molecule has 0 aliphatic rings. The molecule has 5 heteroatoms. The van der Waals surface area contributed by atoms with Gasteiger partial charge in [-0.15, -0.1) is 0 Å². The third-order valence-corrected chi connectivity index (χ3v) is 6.22. The summed E-state index contributed by atoms with van der Waals surface area (Å²) in [7, 11) is 2.10. The second-order valence-corrected chi connectivity index (χ2v) is 9.86. The molecule has 0 spiro atoms. The standard InChI is InChI=1S/C30H33N3O2/c1-29(2,3)32(5)24-17-19-27(20-18-24)33(25-11-7-6-8-12-25)26-15-13-23(14-16-26)10-9-21-30(4,22-31)28(34)35/h6-20H,21H2,1-5H3,(H,34,35)/b10-9+. The molecule has 3 aromatic carbocycles. The Balaban J connectivity index is 1.89. The molecule has 35 heavy (non-hydrogen) atoms. The van der Waals surface area contributed by atoms with Crippen LogP contribution in [-0.4, -0.2) is 23.7 Å². The molecule has 180 valence electrons. The van der Waals surface area contributed by atoms with Gasteiger partial charge in [0.1, 0.15) is 0 Å². The molecule has 0 amide bonds. The minimum atomic E-state index is -1.42. The summed E-state index contributed by atoms with van der Waals surface area (Å²) in [5.41, 5.74) is 3.82. The zero-order chi connectivity index (χ0) is 25.6. The van der Waals surface area contributed by atoms with Crippen molar-refractivity contribution < 1.29 is 9.90 Å². The van der Waals surface area contributed by atoms with Crippen molar-refractivity contribution in [3.8, 4) is 6.07 Å². The lowest BCUT2D eigenvalue weighted by atomic mass is 9.88. The Morgan fingerprint density at radius 2 is 1.34 bits per heavy atom. The molecular weight excluding hydrogens is 434 g/mol. The average molecular weight is 468 g/mol. The van der Waals surface area contributed by atoms with Crippen LogP contribution in [0.4, 0.5) is 22.7 Å². The van der Waals surface area contributed by atoms with E-state index in [0.717, 1.165) is 28.3 Å². The van der Waals surface area contributed by atoms with E-state index in [1.54, 1.807) is 6.08 Å². The van der Waals surface area contributed by atoms with E-state index in [1.165, 1.54) is 6.92 Å². The van der Waals surface area contributed by atoms with Crippen molar-refractivity contribution in [3.63, 3.8) is 0 Å². The van der Waals surface area contributed by atoms with Crippen molar-refractivity contribution in [2.24, 2.45) is 5.41 Å². The molecule has 3 rings (SSSR count). The molecule has 1 N–H and O–H groups in total. The fraction of sp³-hybridized carbons (Fsp3) is 0.267. The van der Waals surface area contributed by atoms with Crippen LogP contribution in [0.1, 0.15) is 39.7 Å². The lowest BCUT2D eigenvalue weighted by Gasteiger charge is -2.34. The molecule has 0 bridgehead atoms. The number of carboxylic acids is 1. The van der Waals surface area contributed by atoms with Gasteiger partial charge in [-0.25, -0.2) is 0 Å². The first kappa shape index (κ1) is 25.6. The Labute approximate surface area is 208 Å². The highest BCUT2D eigenvalue weighted by Gasteiger charge is 2.31. The summed E-state index contributed by atoms with van der Waals surface area (Å²) in [5, 5.41) is 18.4. The number of carboxylic acid groups (broad SMARTS) is 1. The predicted octanol–water partition coefficient (Wildman–Crippen LogP) is 7.41. The Hall–Kier alpha value is -4.04. The van der Waals surface area contributed by atoms with Crippen LogP contribution >= 0.6 is 0 Å². The lowest BCUT2D eigenvalue weighted by molar-refractivity contribution is -0.144. The SMILES string of the molecule is CN(c1ccc(N(c2ccccc2)c2ccc(/C=C/CC(C)(C#N)C(=O)O)cc2)cc1)C(C)(C)C. The van der Waals surface area contributed by atoms with Crippen molar-refractivity contribution in [1.82, 2.24) is 0 Å². The highest BCUT2D eigenvalue weighted by Crippen LogP contribution is 2.36. The molecule has 0 aliphatic carbocycles. The molecule has 3 aromatic rings. The Morgan fingerprint density at radius 1 is 0.857 bits per heavy atom. The number of anilines is 4. The second kappa shape index (κ2) is 10.5. The maximum absolute atomic E-state index is 11.3. The second-order valence-electron chi connectivity index (χ2n) is 9.86. The monoisotopic (exact) mass is 467 g/mol. The highest BCUT2D eigenvalue weighted by atomic mass is 16.4. The van der Waals surface area contributed by atoms with E-state index in [4.69, 9.17) is 0 Å². The van der Waals surface area contributed by atoms with Gasteiger partial charge >= 0.3 is 5.97 Å². The van der Waals surface area contributed by atoms with Crippen LogP contribution in [0.15, 0.2) is 84.9 Å². The zero-order valence-electron chi connectivity index (χ0n) is 21.1. The molecule has 0 heterocycles. The van der Waals surface area contributed by atoms with Crippen molar-refractivity contribution in [2.75, 3.05) is 16.8 Å². The third-order valence-electron chi connectivity index (χ3n) is 6.22. The largest absolute Gasteiger partial charge is 0.480 e. The average Bonchev–Trinajstić information content (AvgIpc) is 2.85. The van der Waals surface area contributed by atoms with Crippen molar-refractivity contribution in [3.05, 3.63) is 90.5 Å². The lowest BCUT2D eigenvalue weighted by Crippen LogP contribution is -2.37. The van der Waals surface area contributed by atoms with Gasteiger partial charge in [-0.1, -0.05) is 42.5 Å². The van der Waals surface area contributed by atoms with E-state index in [0.29, 0.717) is 0 Å². The van der Waals surface area contributed by atoms with Gasteiger partial charge in [0.2, 0.25) is 0 Å². The molecule has 0 saturated carbocycles. The first-order valence-corrected chi connectivity index (χ1v) is 11.7. The summed E-state index contributed by atoms with van der Waals surface area (Å²) < 4.78 is 0. The minimum absolute atomic E-state index is 0.0269. The van der Waals surface area contributed by atoms with Crippen LogP contribution in [0.25, 0.3) is 6.08 Å². The summed E-state index contributed by atoms with van der Waals surface area (Å²) in [6, 6.07) is 28.7. The molecule has 1 atom stereocenters. The molecule has 0 fully saturated rings. The number of nitriles is 1. The summed E-state index contributed by atoms with van der Waals surface area (Å²) in [5.74, 6) is -1.11. The predicted molar refractivity (Wildman–Crippen MR) is 144 cm³/mol.